The third kappa shape index (κ3) is 5.62. The van der Waals surface area contributed by atoms with E-state index in [2.05, 4.69) is 15.0 Å². The van der Waals surface area contributed by atoms with Gasteiger partial charge in [0.1, 0.15) is 12.6 Å². The van der Waals surface area contributed by atoms with Crippen molar-refractivity contribution in [1.29, 1.82) is 0 Å². The van der Waals surface area contributed by atoms with Gasteiger partial charge in [0.05, 0.1) is 12.3 Å². The first-order chi connectivity index (χ1) is 16.0. The summed E-state index contributed by atoms with van der Waals surface area (Å²) in [5, 5.41) is 2.83. The number of nitrogens with one attached hydrogen (secondary N) is 1. The van der Waals surface area contributed by atoms with E-state index < -0.39 is 12.7 Å². The molecular formula is C23H32F2N4O4. The molecule has 3 N–H and O–H groups in total. The number of anilines is 2. The Hall–Kier alpha value is -2.30. The average Bonchev–Trinajstić information content (AvgIpc) is 2.70. The molecule has 2 amide bonds. The van der Waals surface area contributed by atoms with Crippen LogP contribution < -0.4 is 20.7 Å². The minimum atomic E-state index is -3.07. The van der Waals surface area contributed by atoms with E-state index in [1.54, 1.807) is 6.07 Å². The maximum Gasteiger partial charge on any atom is 0.387 e. The summed E-state index contributed by atoms with van der Waals surface area (Å²) >= 11 is 0. The SMILES string of the molecule is NC[C@@H](C(=O)Nc1ccc(N2CCOCC2=O)c(OC(F)F)c1)N(CC1CCC1)C1CCC1. The lowest BCUT2D eigenvalue weighted by Crippen LogP contribution is -2.56. The van der Waals surface area contributed by atoms with Crippen molar-refractivity contribution >= 4 is 23.2 Å². The summed E-state index contributed by atoms with van der Waals surface area (Å²) in [6, 6.07) is 4.29. The number of ether oxygens (including phenoxy) is 2. The summed E-state index contributed by atoms with van der Waals surface area (Å²) in [4.78, 5) is 29.0. The maximum atomic E-state index is 13.2. The molecule has 3 aliphatic rings. The molecule has 1 aromatic carbocycles. The highest BCUT2D eigenvalue weighted by Gasteiger charge is 2.36. The highest BCUT2D eigenvalue weighted by atomic mass is 19.3. The number of alkyl halides is 2. The number of halogens is 2. The lowest BCUT2D eigenvalue weighted by atomic mass is 9.82. The van der Waals surface area contributed by atoms with Crippen LogP contribution in [-0.4, -0.2) is 68.3 Å². The number of hydrogen-bond donors (Lipinski definition) is 2. The van der Waals surface area contributed by atoms with Crippen molar-refractivity contribution < 1.29 is 27.8 Å². The van der Waals surface area contributed by atoms with E-state index in [0.717, 1.165) is 25.8 Å². The quantitative estimate of drug-likeness (QED) is 0.550. The standard InChI is InChI=1S/C23H32F2N4O4/c24-23(25)33-20-11-16(7-8-18(20)28-9-10-32-14-21(28)30)27-22(31)19(12-26)29(17-5-2-6-17)13-15-3-1-4-15/h7-8,11,15,17,19,23H,1-6,9-10,12-14,26H2,(H,27,31)/t19-/m0/s1. The zero-order valence-electron chi connectivity index (χ0n) is 18.7. The number of rotatable bonds is 10. The molecular weight excluding hydrogens is 434 g/mol. The first-order valence-corrected chi connectivity index (χ1v) is 11.7. The molecule has 4 rings (SSSR count). The summed E-state index contributed by atoms with van der Waals surface area (Å²) in [5.41, 5.74) is 6.57. The van der Waals surface area contributed by atoms with E-state index in [0.29, 0.717) is 24.3 Å². The van der Waals surface area contributed by atoms with Crippen molar-refractivity contribution in [3.05, 3.63) is 18.2 Å². The Morgan fingerprint density at radius 1 is 1.27 bits per heavy atom. The highest BCUT2D eigenvalue weighted by molar-refractivity contribution is 5.98. The molecule has 2 aliphatic carbocycles. The van der Waals surface area contributed by atoms with Gasteiger partial charge in [-0.25, -0.2) is 0 Å². The molecule has 0 bridgehead atoms. The third-order valence-electron chi connectivity index (χ3n) is 6.88. The summed E-state index contributed by atoms with van der Waals surface area (Å²) < 4.78 is 36.0. The second-order valence-corrected chi connectivity index (χ2v) is 8.98. The molecule has 1 atom stereocenters. The van der Waals surface area contributed by atoms with Crippen LogP contribution in [0.5, 0.6) is 5.75 Å². The summed E-state index contributed by atoms with van der Waals surface area (Å²) in [6.45, 7) is -1.62. The van der Waals surface area contributed by atoms with E-state index >= 15 is 0 Å². The molecule has 10 heteroatoms. The van der Waals surface area contributed by atoms with Gasteiger partial charge in [0, 0.05) is 37.4 Å². The van der Waals surface area contributed by atoms with E-state index in [9.17, 15) is 18.4 Å². The normalized spacial score (nSPS) is 20.5. The van der Waals surface area contributed by atoms with E-state index in [4.69, 9.17) is 10.5 Å². The van der Waals surface area contributed by atoms with E-state index in [1.165, 1.54) is 36.3 Å². The third-order valence-corrected chi connectivity index (χ3v) is 6.88. The molecule has 2 saturated carbocycles. The Labute approximate surface area is 192 Å². The van der Waals surface area contributed by atoms with Gasteiger partial charge >= 0.3 is 6.61 Å². The second-order valence-electron chi connectivity index (χ2n) is 8.98. The van der Waals surface area contributed by atoms with Gasteiger partial charge in [-0.15, -0.1) is 0 Å². The number of carbonyl (C=O) groups is 2. The van der Waals surface area contributed by atoms with Crippen molar-refractivity contribution in [1.82, 2.24) is 4.90 Å². The van der Waals surface area contributed by atoms with Gasteiger partial charge in [-0.1, -0.05) is 12.8 Å². The fourth-order valence-corrected chi connectivity index (χ4v) is 4.62. The van der Waals surface area contributed by atoms with Crippen LogP contribution >= 0.6 is 0 Å². The van der Waals surface area contributed by atoms with Gasteiger partial charge in [0.2, 0.25) is 5.91 Å². The number of amides is 2. The van der Waals surface area contributed by atoms with Crippen LogP contribution in [0.1, 0.15) is 38.5 Å². The first-order valence-electron chi connectivity index (χ1n) is 11.7. The maximum absolute atomic E-state index is 13.2. The topological polar surface area (TPSA) is 97.1 Å². The van der Waals surface area contributed by atoms with Crippen LogP contribution in [0.15, 0.2) is 18.2 Å². The molecule has 182 valence electrons. The van der Waals surface area contributed by atoms with Crippen LogP contribution in [0.25, 0.3) is 0 Å². The molecule has 8 nitrogen and oxygen atoms in total. The smallest absolute Gasteiger partial charge is 0.387 e. The molecule has 0 spiro atoms. The Bertz CT molecular complexity index is 848. The summed E-state index contributed by atoms with van der Waals surface area (Å²) in [5.74, 6) is -0.175. The van der Waals surface area contributed by atoms with Gasteiger partial charge in [-0.3, -0.25) is 14.5 Å². The molecule has 0 unspecified atom stereocenters. The molecule has 33 heavy (non-hydrogen) atoms. The number of morpholine rings is 1. The predicted octanol–water partition coefficient (Wildman–Crippen LogP) is 2.57. The van der Waals surface area contributed by atoms with E-state index in [1.807, 2.05) is 0 Å². The molecule has 1 aliphatic heterocycles. The largest absolute Gasteiger partial charge is 0.433 e. The number of hydrogen-bond acceptors (Lipinski definition) is 6. The number of benzene rings is 1. The Morgan fingerprint density at radius 3 is 2.61 bits per heavy atom. The Balaban J connectivity index is 1.51. The second kappa shape index (κ2) is 10.8. The monoisotopic (exact) mass is 466 g/mol. The van der Waals surface area contributed by atoms with Gasteiger partial charge in [0.15, 0.2) is 5.75 Å². The van der Waals surface area contributed by atoms with Crippen LogP contribution in [0.2, 0.25) is 0 Å². The van der Waals surface area contributed by atoms with Crippen molar-refractivity contribution in [3.8, 4) is 5.75 Å². The van der Waals surface area contributed by atoms with Gasteiger partial charge in [-0.2, -0.15) is 8.78 Å². The van der Waals surface area contributed by atoms with Gasteiger partial charge in [0.25, 0.3) is 5.91 Å². The highest BCUT2D eigenvalue weighted by Crippen LogP contribution is 2.35. The van der Waals surface area contributed by atoms with Crippen molar-refractivity contribution in [2.75, 3.05) is 43.1 Å². The number of nitrogens with two attached hydrogens (primary N) is 1. The molecule has 1 aromatic rings. The van der Waals surface area contributed by atoms with Crippen LogP contribution in [0.4, 0.5) is 20.2 Å². The summed E-state index contributed by atoms with van der Waals surface area (Å²) in [7, 11) is 0. The molecule has 1 heterocycles. The van der Waals surface area contributed by atoms with Crippen molar-refractivity contribution in [2.45, 2.75) is 57.2 Å². The van der Waals surface area contributed by atoms with Crippen LogP contribution in [0.3, 0.4) is 0 Å². The minimum Gasteiger partial charge on any atom is -0.433 e. The lowest BCUT2D eigenvalue weighted by molar-refractivity contribution is -0.126. The Morgan fingerprint density at radius 2 is 2.03 bits per heavy atom. The number of nitrogens with zero attached hydrogens (tertiary/aromatic N) is 2. The van der Waals surface area contributed by atoms with Crippen LogP contribution in [0, 0.1) is 5.92 Å². The number of carbonyl (C=O) groups excluding carboxylic acids is 2. The zero-order chi connectivity index (χ0) is 23.4. The zero-order valence-corrected chi connectivity index (χ0v) is 18.7. The molecule has 0 radical (unpaired) electrons. The molecule has 0 aromatic heterocycles. The van der Waals surface area contributed by atoms with Crippen molar-refractivity contribution in [3.63, 3.8) is 0 Å². The molecule has 3 fully saturated rings. The molecule has 1 saturated heterocycles. The fourth-order valence-electron chi connectivity index (χ4n) is 4.62. The van der Waals surface area contributed by atoms with Gasteiger partial charge < -0.3 is 25.4 Å². The summed E-state index contributed by atoms with van der Waals surface area (Å²) in [6.07, 6.45) is 6.86. The predicted molar refractivity (Wildman–Crippen MR) is 119 cm³/mol. The fraction of sp³-hybridized carbons (Fsp3) is 0.652. The Kier molecular flexibility index (Phi) is 7.77. The minimum absolute atomic E-state index is 0.122. The lowest BCUT2D eigenvalue weighted by Gasteiger charge is -2.44. The van der Waals surface area contributed by atoms with Gasteiger partial charge in [-0.05, 0) is 43.7 Å². The first kappa shape index (κ1) is 23.8. The average molecular weight is 467 g/mol. The van der Waals surface area contributed by atoms with Crippen LogP contribution in [-0.2, 0) is 14.3 Å². The van der Waals surface area contributed by atoms with E-state index in [-0.39, 0.29) is 42.9 Å². The van der Waals surface area contributed by atoms with Crippen molar-refractivity contribution in [2.24, 2.45) is 11.7 Å².